The van der Waals surface area contributed by atoms with Gasteiger partial charge in [-0.1, -0.05) is 6.92 Å². The van der Waals surface area contributed by atoms with Gasteiger partial charge in [-0.25, -0.2) is 4.98 Å². The highest BCUT2D eigenvalue weighted by atomic mass is 16.5. The zero-order valence-electron chi connectivity index (χ0n) is 16.3. The molecule has 2 fully saturated rings. The van der Waals surface area contributed by atoms with Gasteiger partial charge in [-0.15, -0.1) is 0 Å². The highest BCUT2D eigenvalue weighted by Crippen LogP contribution is 2.28. The first-order chi connectivity index (χ1) is 13.1. The summed E-state index contributed by atoms with van der Waals surface area (Å²) in [5.41, 5.74) is 0.439. The van der Waals surface area contributed by atoms with E-state index >= 15 is 0 Å². The van der Waals surface area contributed by atoms with Gasteiger partial charge in [0.25, 0.3) is 0 Å². The van der Waals surface area contributed by atoms with Crippen molar-refractivity contribution in [2.75, 3.05) is 17.2 Å². The number of ether oxygens (including phenoxy) is 1. The molecule has 0 spiro atoms. The van der Waals surface area contributed by atoms with Gasteiger partial charge in [0.15, 0.2) is 0 Å². The summed E-state index contributed by atoms with van der Waals surface area (Å²) in [5.74, 6) is 1.44. The number of aliphatic hydroxyl groups excluding tert-OH is 1. The first kappa shape index (κ1) is 19.8. The van der Waals surface area contributed by atoms with Crippen LogP contribution in [0.4, 0.5) is 11.8 Å². The summed E-state index contributed by atoms with van der Waals surface area (Å²) in [5, 5.41) is 26.3. The molecule has 1 unspecified atom stereocenters. The number of hydrogen-bond donors (Lipinski definition) is 3. The van der Waals surface area contributed by atoms with Gasteiger partial charge in [0.05, 0.1) is 18.4 Å². The molecular weight excluding hydrogens is 342 g/mol. The van der Waals surface area contributed by atoms with Gasteiger partial charge in [-0.05, 0) is 57.8 Å². The van der Waals surface area contributed by atoms with Gasteiger partial charge in [0.1, 0.15) is 17.5 Å². The third-order valence-electron chi connectivity index (χ3n) is 5.81. The molecule has 7 nitrogen and oxygen atoms in total. The number of aliphatic hydroxyl groups is 1. The summed E-state index contributed by atoms with van der Waals surface area (Å²) in [6.45, 7) is 4.88. The van der Waals surface area contributed by atoms with Crippen LogP contribution in [0.25, 0.3) is 0 Å². The highest BCUT2D eigenvalue weighted by molar-refractivity contribution is 5.54. The summed E-state index contributed by atoms with van der Waals surface area (Å²) in [7, 11) is 0. The van der Waals surface area contributed by atoms with Crippen molar-refractivity contribution in [1.82, 2.24) is 9.97 Å². The lowest BCUT2D eigenvalue weighted by Gasteiger charge is -2.32. The maximum atomic E-state index is 10.1. The molecule has 1 aromatic heterocycles. The van der Waals surface area contributed by atoms with Crippen LogP contribution in [-0.4, -0.2) is 46.0 Å². The van der Waals surface area contributed by atoms with E-state index in [1.54, 1.807) is 6.20 Å². The fourth-order valence-corrected chi connectivity index (χ4v) is 4.06. The lowest BCUT2D eigenvalue weighted by Crippen LogP contribution is -2.35. The van der Waals surface area contributed by atoms with Gasteiger partial charge in [0.2, 0.25) is 5.95 Å². The molecule has 0 bridgehead atoms. The van der Waals surface area contributed by atoms with Gasteiger partial charge in [0, 0.05) is 18.7 Å². The Morgan fingerprint density at radius 2 is 1.93 bits per heavy atom. The van der Waals surface area contributed by atoms with E-state index < -0.39 is 0 Å². The lowest BCUT2D eigenvalue weighted by molar-refractivity contribution is 0.0346. The van der Waals surface area contributed by atoms with E-state index in [1.807, 2.05) is 6.92 Å². The molecule has 0 saturated heterocycles. The quantitative estimate of drug-likeness (QED) is 0.704. The molecule has 0 radical (unpaired) electrons. The molecule has 1 heterocycles. The molecule has 0 aliphatic heterocycles. The second kappa shape index (κ2) is 9.34. The van der Waals surface area contributed by atoms with Crippen LogP contribution in [0.15, 0.2) is 6.20 Å². The lowest BCUT2D eigenvalue weighted by atomic mass is 9.85. The van der Waals surface area contributed by atoms with E-state index in [-0.39, 0.29) is 12.1 Å². The molecule has 0 aromatic carbocycles. The van der Waals surface area contributed by atoms with Crippen LogP contribution in [0.1, 0.15) is 64.4 Å². The Morgan fingerprint density at radius 3 is 2.59 bits per heavy atom. The van der Waals surface area contributed by atoms with E-state index in [1.165, 1.54) is 0 Å². The van der Waals surface area contributed by atoms with Crippen molar-refractivity contribution in [2.24, 2.45) is 5.92 Å². The predicted molar refractivity (Wildman–Crippen MR) is 104 cm³/mol. The number of rotatable bonds is 6. The Labute approximate surface area is 161 Å². The molecule has 1 aromatic rings. The third kappa shape index (κ3) is 5.30. The molecule has 2 aliphatic carbocycles. The Bertz CT molecular complexity index is 654. The van der Waals surface area contributed by atoms with Crippen LogP contribution >= 0.6 is 0 Å². The molecule has 3 N–H and O–H groups in total. The van der Waals surface area contributed by atoms with Gasteiger partial charge in [-0.3, -0.25) is 0 Å². The molecule has 148 valence electrons. The molecule has 27 heavy (non-hydrogen) atoms. The van der Waals surface area contributed by atoms with Crippen LogP contribution in [0.3, 0.4) is 0 Å². The molecule has 2 aliphatic rings. The average molecular weight is 374 g/mol. The van der Waals surface area contributed by atoms with Crippen LogP contribution < -0.4 is 10.6 Å². The van der Waals surface area contributed by atoms with Gasteiger partial charge in [-0.2, -0.15) is 10.2 Å². The van der Waals surface area contributed by atoms with Crippen molar-refractivity contribution in [2.45, 2.75) is 83.1 Å². The molecule has 7 heteroatoms. The zero-order chi connectivity index (χ0) is 19.2. The van der Waals surface area contributed by atoms with Crippen LogP contribution in [0.2, 0.25) is 0 Å². The maximum Gasteiger partial charge on any atom is 0.224 e. The molecular formula is C20H31N5O2. The summed E-state index contributed by atoms with van der Waals surface area (Å²) in [4.78, 5) is 8.88. The summed E-state index contributed by atoms with van der Waals surface area (Å²) < 4.78 is 5.71. The second-order valence-electron chi connectivity index (χ2n) is 7.84. The van der Waals surface area contributed by atoms with Gasteiger partial charge >= 0.3 is 0 Å². The summed E-state index contributed by atoms with van der Waals surface area (Å²) in [6.07, 6.45) is 8.42. The minimum absolute atomic E-state index is 0.132. The first-order valence-corrected chi connectivity index (χ1v) is 10.2. The van der Waals surface area contributed by atoms with Crippen LogP contribution in [-0.2, 0) is 4.74 Å². The van der Waals surface area contributed by atoms with Crippen LogP contribution in [0, 0.1) is 17.2 Å². The van der Waals surface area contributed by atoms with E-state index in [4.69, 9.17) is 4.74 Å². The largest absolute Gasteiger partial charge is 0.393 e. The number of hydrogen-bond acceptors (Lipinski definition) is 7. The van der Waals surface area contributed by atoms with E-state index in [0.717, 1.165) is 45.1 Å². The van der Waals surface area contributed by atoms with E-state index in [0.29, 0.717) is 41.8 Å². The first-order valence-electron chi connectivity index (χ1n) is 10.2. The minimum atomic E-state index is -0.304. The van der Waals surface area contributed by atoms with Crippen molar-refractivity contribution in [1.29, 1.82) is 5.26 Å². The Kier molecular flexibility index (Phi) is 6.86. The number of nitriles is 1. The molecule has 3 rings (SSSR count). The smallest absolute Gasteiger partial charge is 0.224 e. The number of nitrogens with zero attached hydrogens (tertiary/aromatic N) is 3. The van der Waals surface area contributed by atoms with E-state index in [9.17, 15) is 10.4 Å². The van der Waals surface area contributed by atoms with Crippen molar-refractivity contribution in [3.05, 3.63) is 11.8 Å². The predicted octanol–water partition coefficient (Wildman–Crippen LogP) is 3.07. The standard InChI is InChI=1S/C20H31N5O2/c1-3-27-17-8-6-15(7-9-17)24-20-22-12-14(11-21)19(25-20)23-16-5-4-13(2)18(26)10-16/h12-13,15-18,26H,3-10H2,1-2H3,(H2,22,23,24,25)/t13-,15-,16-,17-,18?/m1/s1. The number of aromatic nitrogens is 2. The topological polar surface area (TPSA) is 103 Å². The normalized spacial score (nSPS) is 31.1. The number of anilines is 2. The highest BCUT2D eigenvalue weighted by Gasteiger charge is 2.27. The van der Waals surface area contributed by atoms with Crippen molar-refractivity contribution in [3.8, 4) is 6.07 Å². The average Bonchev–Trinajstić information content (AvgIpc) is 2.67. The zero-order valence-corrected chi connectivity index (χ0v) is 16.3. The SMILES string of the molecule is CCO[C@H]1CC[C@H](Nc2ncc(C#N)c(N[C@@H]3CC[C@@H](C)C(O)C3)n2)CC1. The fraction of sp³-hybridized carbons (Fsp3) is 0.750. The Hall–Kier alpha value is -1.91. The summed E-state index contributed by atoms with van der Waals surface area (Å²) >= 11 is 0. The Balaban J connectivity index is 1.61. The van der Waals surface area contributed by atoms with E-state index in [2.05, 4.69) is 33.6 Å². The summed E-state index contributed by atoms with van der Waals surface area (Å²) in [6, 6.07) is 2.63. The maximum absolute atomic E-state index is 10.1. The second-order valence-corrected chi connectivity index (χ2v) is 7.84. The third-order valence-corrected chi connectivity index (χ3v) is 5.81. The van der Waals surface area contributed by atoms with Crippen LogP contribution in [0.5, 0.6) is 0 Å². The van der Waals surface area contributed by atoms with Crippen molar-refractivity contribution in [3.63, 3.8) is 0 Å². The van der Waals surface area contributed by atoms with Gasteiger partial charge < -0.3 is 20.5 Å². The van der Waals surface area contributed by atoms with Crippen molar-refractivity contribution < 1.29 is 9.84 Å². The Morgan fingerprint density at radius 1 is 1.19 bits per heavy atom. The molecule has 2 saturated carbocycles. The number of nitrogens with one attached hydrogen (secondary N) is 2. The van der Waals surface area contributed by atoms with Crippen molar-refractivity contribution >= 4 is 11.8 Å². The molecule has 3 atom stereocenters. The minimum Gasteiger partial charge on any atom is -0.393 e. The molecule has 0 amide bonds. The monoisotopic (exact) mass is 373 g/mol. The fourth-order valence-electron chi connectivity index (χ4n) is 4.06.